The minimum atomic E-state index is -0.426. The highest BCUT2D eigenvalue weighted by atomic mass is 16.2. The van der Waals surface area contributed by atoms with Crippen LogP contribution in [0, 0.1) is 0 Å². The molecule has 0 radical (unpaired) electrons. The summed E-state index contributed by atoms with van der Waals surface area (Å²) in [6.45, 7) is 1.43. The molecule has 1 atom stereocenters. The van der Waals surface area contributed by atoms with Gasteiger partial charge in [-0.2, -0.15) is 0 Å². The molecular weight excluding hydrogens is 246 g/mol. The predicted octanol–water partition coefficient (Wildman–Crippen LogP) is 0.862. The van der Waals surface area contributed by atoms with E-state index in [0.717, 1.165) is 5.69 Å². The van der Waals surface area contributed by atoms with Crippen molar-refractivity contribution in [2.45, 2.75) is 25.8 Å². The zero-order valence-electron chi connectivity index (χ0n) is 10.5. The molecule has 0 aliphatic carbocycles. The molecule has 1 aromatic rings. The molecule has 6 nitrogen and oxygen atoms in total. The van der Waals surface area contributed by atoms with Crippen molar-refractivity contribution in [3.63, 3.8) is 0 Å². The summed E-state index contributed by atoms with van der Waals surface area (Å²) in [4.78, 5) is 33.6. The van der Waals surface area contributed by atoms with Crippen molar-refractivity contribution in [3.05, 3.63) is 24.3 Å². The number of benzene rings is 1. The molecule has 1 aliphatic rings. The average Bonchev–Trinajstić information content (AvgIpc) is 2.32. The van der Waals surface area contributed by atoms with Gasteiger partial charge in [0.1, 0.15) is 6.04 Å². The Morgan fingerprint density at radius 3 is 2.74 bits per heavy atom. The first kappa shape index (κ1) is 13.1. The number of hydrogen-bond acceptors (Lipinski definition) is 4. The smallest absolute Gasteiger partial charge is 0.249 e. The topological polar surface area (TPSA) is 87.3 Å². The summed E-state index contributed by atoms with van der Waals surface area (Å²) in [5.74, 6) is -0.714. The minimum absolute atomic E-state index is 0.154. The van der Waals surface area contributed by atoms with Crippen molar-refractivity contribution >= 4 is 29.1 Å². The quantitative estimate of drug-likeness (QED) is 0.704. The summed E-state index contributed by atoms with van der Waals surface area (Å²) in [6, 6.07) is 6.65. The Morgan fingerprint density at radius 1 is 1.32 bits per heavy atom. The van der Waals surface area contributed by atoms with Gasteiger partial charge in [-0.3, -0.25) is 19.7 Å². The van der Waals surface area contributed by atoms with Crippen LogP contribution in [0.3, 0.4) is 0 Å². The van der Waals surface area contributed by atoms with Crippen LogP contribution in [0.25, 0.3) is 0 Å². The molecule has 1 aliphatic heterocycles. The van der Waals surface area contributed by atoms with Gasteiger partial charge in [0, 0.05) is 24.7 Å². The molecule has 0 saturated carbocycles. The Balaban J connectivity index is 2.04. The number of imide groups is 1. The monoisotopic (exact) mass is 261 g/mol. The Morgan fingerprint density at radius 2 is 2.05 bits per heavy atom. The Bertz CT molecular complexity index is 528. The lowest BCUT2D eigenvalue weighted by Gasteiger charge is -2.23. The largest absolute Gasteiger partial charge is 0.374 e. The summed E-state index contributed by atoms with van der Waals surface area (Å²) in [5.41, 5.74) is 1.38. The van der Waals surface area contributed by atoms with Crippen molar-refractivity contribution in [1.82, 2.24) is 5.32 Å². The van der Waals surface area contributed by atoms with Gasteiger partial charge in [0.25, 0.3) is 0 Å². The highest BCUT2D eigenvalue weighted by Gasteiger charge is 2.26. The first-order valence-corrected chi connectivity index (χ1v) is 6.02. The van der Waals surface area contributed by atoms with Gasteiger partial charge in [-0.1, -0.05) is 6.07 Å². The van der Waals surface area contributed by atoms with Crippen LogP contribution in [0.15, 0.2) is 24.3 Å². The van der Waals surface area contributed by atoms with E-state index < -0.39 is 6.04 Å². The molecule has 0 spiro atoms. The summed E-state index contributed by atoms with van der Waals surface area (Å²) >= 11 is 0. The fraction of sp³-hybridized carbons (Fsp3) is 0.308. The van der Waals surface area contributed by atoms with Crippen LogP contribution in [0.4, 0.5) is 11.4 Å². The van der Waals surface area contributed by atoms with Gasteiger partial charge in [-0.05, 0) is 24.6 Å². The van der Waals surface area contributed by atoms with Crippen molar-refractivity contribution in [1.29, 1.82) is 0 Å². The molecule has 1 unspecified atom stereocenters. The van der Waals surface area contributed by atoms with E-state index in [1.54, 1.807) is 24.3 Å². The van der Waals surface area contributed by atoms with E-state index in [1.807, 2.05) is 0 Å². The molecule has 2 rings (SSSR count). The average molecular weight is 261 g/mol. The van der Waals surface area contributed by atoms with E-state index >= 15 is 0 Å². The highest BCUT2D eigenvalue weighted by Crippen LogP contribution is 2.18. The number of amides is 3. The van der Waals surface area contributed by atoms with Crippen molar-refractivity contribution < 1.29 is 14.4 Å². The second-order valence-corrected chi connectivity index (χ2v) is 4.41. The number of carbonyl (C=O) groups is 3. The molecule has 19 heavy (non-hydrogen) atoms. The Labute approximate surface area is 110 Å². The zero-order valence-corrected chi connectivity index (χ0v) is 10.5. The molecular formula is C13H15N3O3. The maximum absolute atomic E-state index is 11.6. The van der Waals surface area contributed by atoms with Crippen LogP contribution < -0.4 is 16.0 Å². The van der Waals surface area contributed by atoms with E-state index in [0.29, 0.717) is 18.5 Å². The molecule has 1 saturated heterocycles. The number of piperidine rings is 1. The maximum Gasteiger partial charge on any atom is 0.249 e. The number of nitrogens with one attached hydrogen (secondary N) is 3. The summed E-state index contributed by atoms with van der Waals surface area (Å²) in [7, 11) is 0. The minimum Gasteiger partial charge on any atom is -0.374 e. The molecule has 6 heteroatoms. The molecule has 3 N–H and O–H groups in total. The number of carbonyl (C=O) groups excluding carboxylic acids is 3. The first-order chi connectivity index (χ1) is 9.04. The highest BCUT2D eigenvalue weighted by molar-refractivity contribution is 6.01. The second kappa shape index (κ2) is 5.51. The molecule has 1 fully saturated rings. The van der Waals surface area contributed by atoms with Crippen molar-refractivity contribution in [2.75, 3.05) is 10.6 Å². The van der Waals surface area contributed by atoms with Gasteiger partial charge in [0.2, 0.25) is 17.7 Å². The number of anilines is 2. The standard InChI is InChI=1S/C13H15N3O3/c1-8(17)14-9-3-2-4-10(7-9)15-11-5-6-12(18)16-13(11)19/h2-4,7,11,15H,5-6H2,1H3,(H,14,17)(H,16,18,19). The molecule has 1 heterocycles. The third-order valence-electron chi connectivity index (χ3n) is 2.76. The van der Waals surface area contributed by atoms with Crippen molar-refractivity contribution in [3.8, 4) is 0 Å². The molecule has 1 aromatic carbocycles. The van der Waals surface area contributed by atoms with Crippen LogP contribution in [-0.4, -0.2) is 23.8 Å². The van der Waals surface area contributed by atoms with Crippen LogP contribution in [-0.2, 0) is 14.4 Å². The van der Waals surface area contributed by atoms with Gasteiger partial charge in [-0.25, -0.2) is 0 Å². The Kier molecular flexibility index (Phi) is 3.79. The SMILES string of the molecule is CC(=O)Nc1cccc(NC2CCC(=O)NC2=O)c1. The third kappa shape index (κ3) is 3.54. The lowest BCUT2D eigenvalue weighted by molar-refractivity contribution is -0.133. The maximum atomic E-state index is 11.6. The van der Waals surface area contributed by atoms with Gasteiger partial charge in [0.15, 0.2) is 0 Å². The summed E-state index contributed by atoms with van der Waals surface area (Å²) in [5, 5.41) is 8.00. The lowest BCUT2D eigenvalue weighted by atomic mass is 10.1. The number of rotatable bonds is 3. The van der Waals surface area contributed by atoms with E-state index in [1.165, 1.54) is 6.92 Å². The normalized spacial score (nSPS) is 18.7. The van der Waals surface area contributed by atoms with Gasteiger partial charge in [0.05, 0.1) is 0 Å². The van der Waals surface area contributed by atoms with Gasteiger partial charge >= 0.3 is 0 Å². The Hall–Kier alpha value is -2.37. The summed E-state index contributed by atoms with van der Waals surface area (Å²) in [6.07, 6.45) is 0.795. The first-order valence-electron chi connectivity index (χ1n) is 6.02. The van der Waals surface area contributed by atoms with Crippen LogP contribution in [0.1, 0.15) is 19.8 Å². The van der Waals surface area contributed by atoms with E-state index in [2.05, 4.69) is 16.0 Å². The van der Waals surface area contributed by atoms with Crippen LogP contribution in [0.2, 0.25) is 0 Å². The predicted molar refractivity (Wildman–Crippen MR) is 70.5 cm³/mol. The summed E-state index contributed by atoms with van der Waals surface area (Å²) < 4.78 is 0. The fourth-order valence-electron chi connectivity index (χ4n) is 1.92. The second-order valence-electron chi connectivity index (χ2n) is 4.41. The number of hydrogen-bond donors (Lipinski definition) is 3. The third-order valence-corrected chi connectivity index (χ3v) is 2.76. The van der Waals surface area contributed by atoms with Gasteiger partial charge in [-0.15, -0.1) is 0 Å². The molecule has 0 bridgehead atoms. The van der Waals surface area contributed by atoms with Crippen LogP contribution >= 0.6 is 0 Å². The van der Waals surface area contributed by atoms with E-state index in [-0.39, 0.29) is 17.7 Å². The van der Waals surface area contributed by atoms with Crippen LogP contribution in [0.5, 0.6) is 0 Å². The fourth-order valence-corrected chi connectivity index (χ4v) is 1.92. The molecule has 0 aromatic heterocycles. The molecule has 100 valence electrons. The zero-order chi connectivity index (χ0) is 13.8. The van der Waals surface area contributed by atoms with Crippen molar-refractivity contribution in [2.24, 2.45) is 0 Å². The van der Waals surface area contributed by atoms with E-state index in [4.69, 9.17) is 0 Å². The van der Waals surface area contributed by atoms with Gasteiger partial charge < -0.3 is 10.6 Å². The lowest BCUT2D eigenvalue weighted by Crippen LogP contribution is -2.47. The van der Waals surface area contributed by atoms with E-state index in [9.17, 15) is 14.4 Å². The molecule has 3 amide bonds.